The number of amides is 1. The summed E-state index contributed by atoms with van der Waals surface area (Å²) in [4.78, 5) is 26.4. The lowest BCUT2D eigenvalue weighted by Crippen LogP contribution is -2.26. The summed E-state index contributed by atoms with van der Waals surface area (Å²) < 4.78 is 5.71. The number of benzene rings is 2. The Labute approximate surface area is 157 Å². The number of carbonyl (C=O) groups excluding carboxylic acids is 1. The summed E-state index contributed by atoms with van der Waals surface area (Å²) in [6.07, 6.45) is 0. The highest BCUT2D eigenvalue weighted by molar-refractivity contribution is 6.04. The van der Waals surface area contributed by atoms with Gasteiger partial charge in [-0.15, -0.1) is 0 Å². The molecule has 0 fully saturated rings. The van der Waals surface area contributed by atoms with Crippen molar-refractivity contribution in [3.63, 3.8) is 0 Å². The Kier molecular flexibility index (Phi) is 5.83. The summed E-state index contributed by atoms with van der Waals surface area (Å²) in [7, 11) is 3.98. The number of rotatable bonds is 7. The van der Waals surface area contributed by atoms with Gasteiger partial charge in [0, 0.05) is 18.5 Å². The third-order valence-electron chi connectivity index (χ3n) is 4.07. The smallest absolute Gasteiger partial charge is 0.272 e. The van der Waals surface area contributed by atoms with E-state index in [0.717, 1.165) is 17.9 Å². The molecule has 0 spiro atoms. The summed E-state index contributed by atoms with van der Waals surface area (Å²) in [5, 5.41) is 10.1. The van der Waals surface area contributed by atoms with Crippen molar-refractivity contribution in [1.29, 1.82) is 0 Å². The van der Waals surface area contributed by atoms with Crippen LogP contribution in [0.5, 0.6) is 5.75 Å². The molecule has 2 aromatic carbocycles. The average molecular weight is 366 g/mol. The number of ether oxygens (including phenoxy) is 1. The van der Waals surface area contributed by atoms with Crippen LogP contribution in [-0.2, 0) is 6.54 Å². The van der Waals surface area contributed by atoms with Gasteiger partial charge in [0.2, 0.25) is 0 Å². The molecule has 3 rings (SSSR count). The Morgan fingerprint density at radius 1 is 1.15 bits per heavy atom. The summed E-state index contributed by atoms with van der Waals surface area (Å²) in [5.74, 6) is 0.414. The molecule has 0 aliphatic rings. The predicted molar refractivity (Wildman–Crippen MR) is 104 cm³/mol. The molecule has 7 heteroatoms. The first-order valence-corrected chi connectivity index (χ1v) is 8.66. The number of hydrogen-bond donors (Lipinski definition) is 2. The second-order valence-corrected chi connectivity index (χ2v) is 6.43. The van der Waals surface area contributed by atoms with Gasteiger partial charge < -0.3 is 15.0 Å². The predicted octanol–water partition coefficient (Wildman–Crippen LogP) is 1.79. The minimum Gasteiger partial charge on any atom is -0.492 e. The van der Waals surface area contributed by atoms with E-state index >= 15 is 0 Å². The SMILES string of the molecule is CN(C)CCOc1cccc(CNC(=O)c2n[nH]c(=O)c3ccccc23)c1. The van der Waals surface area contributed by atoms with E-state index in [1.807, 2.05) is 43.3 Å². The van der Waals surface area contributed by atoms with Gasteiger partial charge in [-0.25, -0.2) is 5.10 Å². The van der Waals surface area contributed by atoms with E-state index in [0.29, 0.717) is 23.9 Å². The fourth-order valence-electron chi connectivity index (χ4n) is 2.65. The van der Waals surface area contributed by atoms with Crippen molar-refractivity contribution in [2.75, 3.05) is 27.2 Å². The third-order valence-corrected chi connectivity index (χ3v) is 4.07. The number of aromatic nitrogens is 2. The number of H-pyrrole nitrogens is 1. The molecule has 2 N–H and O–H groups in total. The van der Waals surface area contributed by atoms with Crippen LogP contribution >= 0.6 is 0 Å². The Bertz CT molecular complexity index is 998. The molecule has 1 aromatic heterocycles. The fraction of sp³-hybridized carbons (Fsp3) is 0.250. The van der Waals surface area contributed by atoms with Crippen LogP contribution in [0.25, 0.3) is 10.8 Å². The molecule has 3 aromatic rings. The van der Waals surface area contributed by atoms with Gasteiger partial charge in [-0.3, -0.25) is 9.59 Å². The van der Waals surface area contributed by atoms with Crippen LogP contribution in [0.2, 0.25) is 0 Å². The molecule has 1 heterocycles. The molecule has 0 radical (unpaired) electrons. The molecule has 0 atom stereocenters. The van der Waals surface area contributed by atoms with Crippen LogP contribution in [0.3, 0.4) is 0 Å². The van der Waals surface area contributed by atoms with Crippen molar-refractivity contribution in [1.82, 2.24) is 20.4 Å². The Morgan fingerprint density at radius 3 is 2.70 bits per heavy atom. The maximum atomic E-state index is 12.5. The normalized spacial score (nSPS) is 10.9. The van der Waals surface area contributed by atoms with Crippen molar-refractivity contribution in [2.45, 2.75) is 6.54 Å². The van der Waals surface area contributed by atoms with E-state index in [2.05, 4.69) is 15.5 Å². The largest absolute Gasteiger partial charge is 0.492 e. The zero-order valence-electron chi connectivity index (χ0n) is 15.4. The van der Waals surface area contributed by atoms with E-state index in [1.54, 1.807) is 24.3 Å². The van der Waals surface area contributed by atoms with Crippen LogP contribution in [0.15, 0.2) is 53.3 Å². The molecule has 1 amide bonds. The highest BCUT2D eigenvalue weighted by atomic mass is 16.5. The quantitative estimate of drug-likeness (QED) is 0.666. The highest BCUT2D eigenvalue weighted by Crippen LogP contribution is 2.15. The van der Waals surface area contributed by atoms with Gasteiger partial charge in [-0.2, -0.15) is 5.10 Å². The van der Waals surface area contributed by atoms with Crippen molar-refractivity contribution >= 4 is 16.7 Å². The van der Waals surface area contributed by atoms with Gasteiger partial charge in [0.15, 0.2) is 5.69 Å². The van der Waals surface area contributed by atoms with Crippen LogP contribution in [0, 0.1) is 0 Å². The molecule has 0 unspecified atom stereocenters. The monoisotopic (exact) mass is 366 g/mol. The van der Waals surface area contributed by atoms with E-state index in [9.17, 15) is 9.59 Å². The molecular formula is C20H22N4O3. The van der Waals surface area contributed by atoms with Gasteiger partial charge in [-0.1, -0.05) is 30.3 Å². The maximum Gasteiger partial charge on any atom is 0.272 e. The van der Waals surface area contributed by atoms with Gasteiger partial charge in [-0.05, 0) is 37.9 Å². The van der Waals surface area contributed by atoms with Crippen LogP contribution in [-0.4, -0.2) is 48.3 Å². The lowest BCUT2D eigenvalue weighted by atomic mass is 10.1. The molecule has 7 nitrogen and oxygen atoms in total. The second kappa shape index (κ2) is 8.46. The summed E-state index contributed by atoms with van der Waals surface area (Å²) >= 11 is 0. The number of fused-ring (bicyclic) bond motifs is 1. The number of nitrogens with zero attached hydrogens (tertiary/aromatic N) is 2. The molecule has 27 heavy (non-hydrogen) atoms. The van der Waals surface area contributed by atoms with Crippen molar-refractivity contribution in [3.05, 3.63) is 70.1 Å². The first kappa shape index (κ1) is 18.6. The zero-order chi connectivity index (χ0) is 19.2. The number of likely N-dealkylation sites (N-methyl/N-ethyl adjacent to an activating group) is 1. The van der Waals surface area contributed by atoms with Crippen LogP contribution in [0.1, 0.15) is 16.1 Å². The maximum absolute atomic E-state index is 12.5. The highest BCUT2D eigenvalue weighted by Gasteiger charge is 2.13. The van der Waals surface area contributed by atoms with E-state index in [4.69, 9.17) is 4.74 Å². The summed E-state index contributed by atoms with van der Waals surface area (Å²) in [6.45, 7) is 1.75. The Morgan fingerprint density at radius 2 is 1.93 bits per heavy atom. The van der Waals surface area contributed by atoms with Crippen LogP contribution in [0.4, 0.5) is 0 Å². The first-order valence-electron chi connectivity index (χ1n) is 8.66. The van der Waals surface area contributed by atoms with E-state index < -0.39 is 0 Å². The summed E-state index contributed by atoms with van der Waals surface area (Å²) in [5.41, 5.74) is 0.799. The molecular weight excluding hydrogens is 344 g/mol. The molecule has 140 valence electrons. The van der Waals surface area contributed by atoms with E-state index in [-0.39, 0.29) is 17.2 Å². The minimum atomic E-state index is -0.346. The Hall–Kier alpha value is -3.19. The topological polar surface area (TPSA) is 87.3 Å². The number of aromatic amines is 1. The zero-order valence-corrected chi connectivity index (χ0v) is 15.4. The fourth-order valence-corrected chi connectivity index (χ4v) is 2.65. The standard InChI is InChI=1S/C20H22N4O3/c1-24(2)10-11-27-15-7-5-6-14(12-15)13-21-20(26)18-16-8-3-4-9-17(16)19(25)23-22-18/h3-9,12H,10-11,13H2,1-2H3,(H,21,26)(H,23,25). The summed E-state index contributed by atoms with van der Waals surface area (Å²) in [6, 6.07) is 14.5. The van der Waals surface area contributed by atoms with Gasteiger partial charge in [0.1, 0.15) is 12.4 Å². The second-order valence-electron chi connectivity index (χ2n) is 6.43. The van der Waals surface area contributed by atoms with Gasteiger partial charge in [0.05, 0.1) is 5.39 Å². The molecule has 0 saturated carbocycles. The molecule has 0 aliphatic heterocycles. The lowest BCUT2D eigenvalue weighted by molar-refractivity contribution is 0.0946. The first-order chi connectivity index (χ1) is 13.0. The molecule has 0 saturated heterocycles. The average Bonchev–Trinajstić information content (AvgIpc) is 2.67. The number of hydrogen-bond acceptors (Lipinski definition) is 5. The van der Waals surface area contributed by atoms with Crippen molar-refractivity contribution in [3.8, 4) is 5.75 Å². The molecule has 0 aliphatic carbocycles. The van der Waals surface area contributed by atoms with Crippen LogP contribution < -0.4 is 15.6 Å². The number of carbonyl (C=O) groups is 1. The van der Waals surface area contributed by atoms with E-state index in [1.165, 1.54) is 0 Å². The number of nitrogens with one attached hydrogen (secondary N) is 2. The van der Waals surface area contributed by atoms with Crippen molar-refractivity contribution in [2.24, 2.45) is 0 Å². The third kappa shape index (κ3) is 4.71. The van der Waals surface area contributed by atoms with Crippen molar-refractivity contribution < 1.29 is 9.53 Å². The lowest BCUT2D eigenvalue weighted by Gasteiger charge is -2.12. The minimum absolute atomic E-state index is 0.198. The van der Waals surface area contributed by atoms with Gasteiger partial charge >= 0.3 is 0 Å². The molecule has 0 bridgehead atoms. The van der Waals surface area contributed by atoms with Gasteiger partial charge in [0.25, 0.3) is 11.5 Å². The Balaban J connectivity index is 1.68.